The van der Waals surface area contributed by atoms with Gasteiger partial charge in [-0.15, -0.1) is 5.10 Å². The number of carboxylic acid groups (broad SMARTS) is 1. The van der Waals surface area contributed by atoms with Gasteiger partial charge in [0.05, 0.1) is 6.20 Å². The van der Waals surface area contributed by atoms with Crippen LogP contribution in [0.15, 0.2) is 24.5 Å². The molecule has 0 spiro atoms. The monoisotopic (exact) mass is 355 g/mol. The van der Waals surface area contributed by atoms with Crippen molar-refractivity contribution in [1.82, 2.24) is 24.4 Å². The van der Waals surface area contributed by atoms with Crippen LogP contribution in [-0.4, -0.2) is 54.5 Å². The van der Waals surface area contributed by atoms with Crippen molar-refractivity contribution in [3.05, 3.63) is 35.8 Å². The van der Waals surface area contributed by atoms with Crippen molar-refractivity contribution in [1.29, 1.82) is 0 Å². The Kier molecular flexibility index (Phi) is 3.60. The molecule has 1 amide bonds. The second-order valence-corrected chi connectivity index (χ2v) is 6.26. The van der Waals surface area contributed by atoms with Gasteiger partial charge in [0.25, 0.3) is 5.91 Å². The summed E-state index contributed by atoms with van der Waals surface area (Å²) in [5.41, 5.74) is 0.914. The molecule has 1 saturated carbocycles. The topological polar surface area (TPSA) is 118 Å². The zero-order chi connectivity index (χ0) is 18.4. The smallest absolute Gasteiger partial charge is 0.339 e. The van der Waals surface area contributed by atoms with Gasteiger partial charge in [-0.2, -0.15) is 10.1 Å². The minimum Gasteiger partial charge on any atom is -0.478 e. The Labute approximate surface area is 148 Å². The summed E-state index contributed by atoms with van der Waals surface area (Å²) in [5, 5.41) is 20.1. The summed E-state index contributed by atoms with van der Waals surface area (Å²) in [6, 6.07) is 3.86. The highest BCUT2D eigenvalue weighted by Crippen LogP contribution is 2.28. The van der Waals surface area contributed by atoms with Crippen LogP contribution in [0.5, 0.6) is 0 Å². The fourth-order valence-corrected chi connectivity index (χ4v) is 2.78. The average molecular weight is 355 g/mol. The van der Waals surface area contributed by atoms with E-state index in [0.717, 1.165) is 19.0 Å². The molecule has 1 aliphatic carbocycles. The minimum atomic E-state index is -1.20. The molecule has 26 heavy (non-hydrogen) atoms. The molecule has 10 nitrogen and oxygen atoms in total. The number of nitrogens with zero attached hydrogens (tertiary/aromatic N) is 6. The highest BCUT2D eigenvalue weighted by molar-refractivity contribution is 6.09. The zero-order valence-electron chi connectivity index (χ0n) is 14.2. The van der Waals surface area contributed by atoms with Crippen LogP contribution in [0.4, 0.5) is 11.6 Å². The highest BCUT2D eigenvalue weighted by atomic mass is 16.4. The maximum Gasteiger partial charge on any atom is 0.339 e. The number of aromatic carboxylic acids is 1. The lowest BCUT2D eigenvalue weighted by molar-refractivity contribution is 0.0692. The van der Waals surface area contributed by atoms with E-state index in [2.05, 4.69) is 20.5 Å². The van der Waals surface area contributed by atoms with Crippen molar-refractivity contribution in [2.45, 2.75) is 18.9 Å². The Morgan fingerprint density at radius 1 is 1.38 bits per heavy atom. The summed E-state index contributed by atoms with van der Waals surface area (Å²) in [7, 11) is 3.48. The van der Waals surface area contributed by atoms with Gasteiger partial charge >= 0.3 is 5.97 Å². The fraction of sp³-hybridized carbons (Fsp3) is 0.312. The van der Waals surface area contributed by atoms with E-state index in [1.165, 1.54) is 11.7 Å². The Hall–Kier alpha value is -3.43. The predicted octanol–water partition coefficient (Wildman–Crippen LogP) is 1.01. The number of nitrogens with one attached hydrogen (secondary N) is 1. The minimum absolute atomic E-state index is 0.0204. The Morgan fingerprint density at radius 3 is 2.85 bits per heavy atom. The maximum atomic E-state index is 12.5. The SMILES string of the molecule is CN(c1nc2cc(NC(=O)c3c(C(=O)O)cnn3C)ccn2n1)C1CC1. The van der Waals surface area contributed by atoms with Crippen LogP contribution in [0.2, 0.25) is 0 Å². The normalized spacial score (nSPS) is 13.8. The van der Waals surface area contributed by atoms with Crippen LogP contribution in [0.3, 0.4) is 0 Å². The molecule has 2 N–H and O–H groups in total. The van der Waals surface area contributed by atoms with E-state index in [9.17, 15) is 14.7 Å². The molecule has 0 unspecified atom stereocenters. The molecule has 0 saturated heterocycles. The average Bonchev–Trinajstić information content (AvgIpc) is 3.24. The van der Waals surface area contributed by atoms with Crippen molar-refractivity contribution in [2.75, 3.05) is 17.3 Å². The molecule has 3 heterocycles. The molecular weight excluding hydrogens is 338 g/mol. The van der Waals surface area contributed by atoms with Crippen LogP contribution in [0.1, 0.15) is 33.7 Å². The molecule has 1 fully saturated rings. The van der Waals surface area contributed by atoms with Gasteiger partial charge in [-0.1, -0.05) is 0 Å². The summed E-state index contributed by atoms with van der Waals surface area (Å²) in [5.74, 6) is -1.12. The van der Waals surface area contributed by atoms with E-state index >= 15 is 0 Å². The van der Waals surface area contributed by atoms with Crippen LogP contribution >= 0.6 is 0 Å². The number of rotatable bonds is 5. The largest absolute Gasteiger partial charge is 0.478 e. The quantitative estimate of drug-likeness (QED) is 0.701. The maximum absolute atomic E-state index is 12.5. The number of carbonyl (C=O) groups excluding carboxylic acids is 1. The number of aromatic nitrogens is 5. The summed E-state index contributed by atoms with van der Waals surface area (Å²) in [4.78, 5) is 30.2. The summed E-state index contributed by atoms with van der Waals surface area (Å²) in [6.07, 6.45) is 5.14. The summed E-state index contributed by atoms with van der Waals surface area (Å²) < 4.78 is 2.87. The third kappa shape index (κ3) is 2.75. The molecule has 0 radical (unpaired) electrons. The van der Waals surface area contributed by atoms with Crippen molar-refractivity contribution >= 4 is 29.2 Å². The van der Waals surface area contributed by atoms with Crippen LogP contribution in [-0.2, 0) is 7.05 Å². The lowest BCUT2D eigenvalue weighted by atomic mass is 10.2. The second-order valence-electron chi connectivity index (χ2n) is 6.26. The fourth-order valence-electron chi connectivity index (χ4n) is 2.78. The number of hydrogen-bond acceptors (Lipinski definition) is 6. The number of carbonyl (C=O) groups is 2. The highest BCUT2D eigenvalue weighted by Gasteiger charge is 2.28. The number of amides is 1. The van der Waals surface area contributed by atoms with Crippen molar-refractivity contribution in [3.8, 4) is 0 Å². The van der Waals surface area contributed by atoms with Gasteiger partial charge in [-0.3, -0.25) is 9.48 Å². The van der Waals surface area contributed by atoms with E-state index < -0.39 is 11.9 Å². The molecule has 0 atom stereocenters. The van der Waals surface area contributed by atoms with Gasteiger partial charge in [-0.05, 0) is 18.9 Å². The van der Waals surface area contributed by atoms with E-state index in [0.29, 0.717) is 23.3 Å². The standard InChI is InChI=1S/C16H17N7O3/c1-21(10-3-4-10)16-19-12-7-9(5-6-23(12)20-16)18-14(24)13-11(15(25)26)8-17-22(13)2/h5-8,10H,3-4H2,1-2H3,(H,18,24)(H,25,26). The van der Waals surface area contributed by atoms with Gasteiger partial charge < -0.3 is 15.3 Å². The van der Waals surface area contributed by atoms with Gasteiger partial charge in [0.1, 0.15) is 11.3 Å². The van der Waals surface area contributed by atoms with Gasteiger partial charge in [-0.25, -0.2) is 9.31 Å². The molecule has 4 rings (SSSR count). The second kappa shape index (κ2) is 5.83. The van der Waals surface area contributed by atoms with Crippen molar-refractivity contribution in [2.24, 2.45) is 7.05 Å². The molecule has 0 bridgehead atoms. The first-order valence-electron chi connectivity index (χ1n) is 8.10. The van der Waals surface area contributed by atoms with Gasteiger partial charge in [0.15, 0.2) is 5.65 Å². The molecule has 10 heteroatoms. The van der Waals surface area contributed by atoms with Gasteiger partial charge in [0.2, 0.25) is 5.95 Å². The number of aryl methyl sites for hydroxylation is 1. The van der Waals surface area contributed by atoms with Crippen molar-refractivity contribution in [3.63, 3.8) is 0 Å². The number of fused-ring (bicyclic) bond motifs is 1. The van der Waals surface area contributed by atoms with Crippen LogP contribution < -0.4 is 10.2 Å². The number of pyridine rings is 1. The summed E-state index contributed by atoms with van der Waals surface area (Å²) >= 11 is 0. The molecule has 0 aromatic carbocycles. The third-order valence-electron chi connectivity index (χ3n) is 4.38. The lowest BCUT2D eigenvalue weighted by Gasteiger charge is -2.11. The Morgan fingerprint density at radius 2 is 2.15 bits per heavy atom. The van der Waals surface area contributed by atoms with Crippen LogP contribution in [0, 0.1) is 0 Å². The van der Waals surface area contributed by atoms with E-state index in [1.54, 1.807) is 22.8 Å². The number of carboxylic acids is 1. The first kappa shape index (κ1) is 16.1. The molecular formula is C16H17N7O3. The first-order valence-corrected chi connectivity index (χ1v) is 8.10. The van der Waals surface area contributed by atoms with Gasteiger partial charge in [0, 0.05) is 38.1 Å². The van der Waals surface area contributed by atoms with E-state index in [4.69, 9.17) is 0 Å². The van der Waals surface area contributed by atoms with Crippen LogP contribution in [0.25, 0.3) is 5.65 Å². The Bertz CT molecular complexity index is 1020. The van der Waals surface area contributed by atoms with E-state index in [1.807, 2.05) is 11.9 Å². The molecule has 0 aliphatic heterocycles. The molecule has 134 valence electrons. The number of hydrogen-bond donors (Lipinski definition) is 2. The molecule has 1 aliphatic rings. The Balaban J connectivity index is 1.60. The molecule has 3 aromatic heterocycles. The zero-order valence-corrected chi connectivity index (χ0v) is 14.2. The van der Waals surface area contributed by atoms with Crippen molar-refractivity contribution < 1.29 is 14.7 Å². The lowest BCUT2D eigenvalue weighted by Crippen LogP contribution is -2.20. The first-order chi connectivity index (χ1) is 12.4. The predicted molar refractivity (Wildman–Crippen MR) is 92.5 cm³/mol. The number of anilines is 2. The summed E-state index contributed by atoms with van der Waals surface area (Å²) in [6.45, 7) is 0. The molecule has 3 aromatic rings. The third-order valence-corrected chi connectivity index (χ3v) is 4.38. The van der Waals surface area contributed by atoms with E-state index in [-0.39, 0.29) is 11.3 Å².